The van der Waals surface area contributed by atoms with Crippen molar-refractivity contribution in [1.82, 2.24) is 0 Å². The van der Waals surface area contributed by atoms with Crippen molar-refractivity contribution in [1.29, 1.82) is 0 Å². The van der Waals surface area contributed by atoms with Crippen LogP contribution in [0, 0.1) is 0 Å². The molecule has 0 bridgehead atoms. The average molecular weight is 423 g/mol. The SMILES string of the molecule is CCOC(=O)c1c(-c2ccccc2)csc1NC(=O)c1cccc(C2OCCO2)c1. The molecule has 0 spiro atoms. The van der Waals surface area contributed by atoms with Crippen molar-refractivity contribution in [2.45, 2.75) is 13.2 Å². The van der Waals surface area contributed by atoms with E-state index in [-0.39, 0.29) is 12.5 Å². The second kappa shape index (κ2) is 9.21. The first kappa shape index (κ1) is 20.3. The van der Waals surface area contributed by atoms with Crippen molar-refractivity contribution in [2.24, 2.45) is 0 Å². The molecule has 0 atom stereocenters. The van der Waals surface area contributed by atoms with Gasteiger partial charge in [0.25, 0.3) is 5.91 Å². The van der Waals surface area contributed by atoms with Crippen LogP contribution >= 0.6 is 11.3 Å². The summed E-state index contributed by atoms with van der Waals surface area (Å²) in [6.45, 7) is 3.06. The van der Waals surface area contributed by atoms with Crippen LogP contribution in [0.3, 0.4) is 0 Å². The van der Waals surface area contributed by atoms with Crippen LogP contribution < -0.4 is 5.32 Å². The van der Waals surface area contributed by atoms with Gasteiger partial charge in [0.05, 0.1) is 19.8 Å². The maximum absolute atomic E-state index is 12.9. The minimum absolute atomic E-state index is 0.250. The lowest BCUT2D eigenvalue weighted by atomic mass is 10.0. The van der Waals surface area contributed by atoms with Gasteiger partial charge in [-0.15, -0.1) is 11.3 Å². The van der Waals surface area contributed by atoms with Crippen molar-refractivity contribution in [2.75, 3.05) is 25.1 Å². The first-order valence-corrected chi connectivity index (χ1v) is 10.5. The maximum atomic E-state index is 12.9. The zero-order chi connectivity index (χ0) is 20.9. The zero-order valence-corrected chi connectivity index (χ0v) is 17.2. The van der Waals surface area contributed by atoms with Crippen LogP contribution in [-0.4, -0.2) is 31.7 Å². The fraction of sp³-hybridized carbons (Fsp3) is 0.217. The Balaban J connectivity index is 1.63. The first-order valence-electron chi connectivity index (χ1n) is 9.66. The van der Waals surface area contributed by atoms with Crippen LogP contribution in [0.1, 0.15) is 39.5 Å². The van der Waals surface area contributed by atoms with Crippen molar-refractivity contribution >= 4 is 28.2 Å². The van der Waals surface area contributed by atoms with Gasteiger partial charge in [-0.3, -0.25) is 4.79 Å². The van der Waals surface area contributed by atoms with Gasteiger partial charge in [-0.1, -0.05) is 42.5 Å². The quantitative estimate of drug-likeness (QED) is 0.572. The third kappa shape index (κ3) is 4.28. The summed E-state index contributed by atoms with van der Waals surface area (Å²) in [5, 5.41) is 5.18. The molecule has 7 heteroatoms. The smallest absolute Gasteiger partial charge is 0.341 e. The van der Waals surface area contributed by atoms with Gasteiger partial charge in [0, 0.05) is 22.1 Å². The largest absolute Gasteiger partial charge is 0.462 e. The predicted molar refractivity (Wildman–Crippen MR) is 115 cm³/mol. The summed E-state index contributed by atoms with van der Waals surface area (Å²) in [5.41, 5.74) is 3.21. The topological polar surface area (TPSA) is 73.9 Å². The van der Waals surface area contributed by atoms with E-state index in [9.17, 15) is 9.59 Å². The highest BCUT2D eigenvalue weighted by atomic mass is 32.1. The lowest BCUT2D eigenvalue weighted by Gasteiger charge is -2.12. The molecule has 154 valence electrons. The Labute approximate surface area is 178 Å². The van der Waals surface area contributed by atoms with Gasteiger partial charge in [0.2, 0.25) is 0 Å². The third-order valence-electron chi connectivity index (χ3n) is 4.63. The molecular formula is C23H21NO5S. The molecule has 0 radical (unpaired) electrons. The Morgan fingerprint density at radius 1 is 1.10 bits per heavy atom. The van der Waals surface area contributed by atoms with E-state index in [1.54, 1.807) is 25.1 Å². The van der Waals surface area contributed by atoms with E-state index in [4.69, 9.17) is 14.2 Å². The van der Waals surface area contributed by atoms with E-state index in [1.807, 2.05) is 41.8 Å². The molecule has 1 aliphatic rings. The molecule has 1 N–H and O–H groups in total. The first-order chi connectivity index (χ1) is 14.7. The molecule has 0 unspecified atom stereocenters. The van der Waals surface area contributed by atoms with Gasteiger partial charge in [0.1, 0.15) is 10.6 Å². The van der Waals surface area contributed by atoms with Crippen molar-refractivity contribution in [3.63, 3.8) is 0 Å². The van der Waals surface area contributed by atoms with Gasteiger partial charge < -0.3 is 19.5 Å². The molecule has 3 aromatic rings. The fourth-order valence-electron chi connectivity index (χ4n) is 3.24. The zero-order valence-electron chi connectivity index (χ0n) is 16.4. The Kier molecular flexibility index (Phi) is 6.23. The number of amides is 1. The summed E-state index contributed by atoms with van der Waals surface area (Å²) < 4.78 is 16.3. The number of nitrogens with one attached hydrogen (secondary N) is 1. The monoisotopic (exact) mass is 423 g/mol. The number of thiophene rings is 1. The van der Waals surface area contributed by atoms with Gasteiger partial charge in [-0.05, 0) is 24.6 Å². The molecule has 1 saturated heterocycles. The normalized spacial score (nSPS) is 13.9. The number of hydrogen-bond donors (Lipinski definition) is 1. The van der Waals surface area contributed by atoms with Gasteiger partial charge >= 0.3 is 5.97 Å². The highest BCUT2D eigenvalue weighted by Crippen LogP contribution is 2.36. The number of ether oxygens (including phenoxy) is 3. The van der Waals surface area contributed by atoms with Crippen molar-refractivity contribution < 1.29 is 23.8 Å². The number of carbonyl (C=O) groups is 2. The minimum Gasteiger partial charge on any atom is -0.462 e. The molecule has 1 aromatic heterocycles. The Hall–Kier alpha value is -3.00. The maximum Gasteiger partial charge on any atom is 0.341 e. The molecule has 0 aliphatic carbocycles. The highest BCUT2D eigenvalue weighted by Gasteiger charge is 2.24. The minimum atomic E-state index is -0.464. The Morgan fingerprint density at radius 2 is 1.87 bits per heavy atom. The van der Waals surface area contributed by atoms with E-state index in [0.29, 0.717) is 29.3 Å². The Morgan fingerprint density at radius 3 is 2.60 bits per heavy atom. The number of anilines is 1. The van der Waals surface area contributed by atoms with Crippen LogP contribution in [0.25, 0.3) is 11.1 Å². The van der Waals surface area contributed by atoms with Crippen LogP contribution in [0.15, 0.2) is 60.0 Å². The van der Waals surface area contributed by atoms with Gasteiger partial charge in [-0.25, -0.2) is 4.79 Å². The molecule has 1 fully saturated rings. The summed E-state index contributed by atoms with van der Waals surface area (Å²) in [4.78, 5) is 25.6. The summed E-state index contributed by atoms with van der Waals surface area (Å²) in [6.07, 6.45) is -0.459. The van der Waals surface area contributed by atoms with Crippen molar-refractivity contribution in [3.05, 3.63) is 76.7 Å². The standard InChI is InChI=1S/C23H21NO5S/c1-2-27-22(26)19-18(15-7-4-3-5-8-15)14-30-21(19)24-20(25)16-9-6-10-17(13-16)23-28-11-12-29-23/h3-10,13-14,23H,2,11-12H2,1H3,(H,24,25). The lowest BCUT2D eigenvalue weighted by Crippen LogP contribution is -2.15. The van der Waals surface area contributed by atoms with E-state index in [1.165, 1.54) is 11.3 Å². The molecule has 4 rings (SSSR count). The number of carbonyl (C=O) groups excluding carboxylic acids is 2. The number of rotatable bonds is 6. The molecule has 30 heavy (non-hydrogen) atoms. The summed E-state index contributed by atoms with van der Waals surface area (Å²) in [6, 6.07) is 16.6. The molecule has 1 aliphatic heterocycles. The molecule has 2 heterocycles. The van der Waals surface area contributed by atoms with E-state index in [0.717, 1.165) is 16.7 Å². The van der Waals surface area contributed by atoms with Crippen LogP contribution in [0.2, 0.25) is 0 Å². The molecule has 0 saturated carbocycles. The summed E-state index contributed by atoms with van der Waals surface area (Å²) >= 11 is 1.30. The van der Waals surface area contributed by atoms with Crippen molar-refractivity contribution in [3.8, 4) is 11.1 Å². The summed E-state index contributed by atoms with van der Waals surface area (Å²) in [7, 11) is 0. The van der Waals surface area contributed by atoms with Crippen LogP contribution in [-0.2, 0) is 14.2 Å². The third-order valence-corrected chi connectivity index (χ3v) is 5.52. The average Bonchev–Trinajstić information content (AvgIpc) is 3.45. The Bertz CT molecular complexity index is 1040. The number of esters is 1. The van der Waals surface area contributed by atoms with Gasteiger partial charge in [-0.2, -0.15) is 0 Å². The predicted octanol–water partition coefficient (Wildman–Crippen LogP) is 4.89. The van der Waals surface area contributed by atoms with E-state index < -0.39 is 12.3 Å². The molecule has 1 amide bonds. The molecular weight excluding hydrogens is 402 g/mol. The van der Waals surface area contributed by atoms with Gasteiger partial charge in [0.15, 0.2) is 6.29 Å². The molecule has 6 nitrogen and oxygen atoms in total. The van der Waals surface area contributed by atoms with E-state index in [2.05, 4.69) is 5.32 Å². The fourth-order valence-corrected chi connectivity index (χ4v) is 4.19. The van der Waals surface area contributed by atoms with Crippen LogP contribution in [0.4, 0.5) is 5.00 Å². The van der Waals surface area contributed by atoms with Crippen LogP contribution in [0.5, 0.6) is 0 Å². The number of benzene rings is 2. The lowest BCUT2D eigenvalue weighted by molar-refractivity contribution is -0.0441. The molecule has 2 aromatic carbocycles. The highest BCUT2D eigenvalue weighted by molar-refractivity contribution is 7.15. The second-order valence-corrected chi connectivity index (χ2v) is 7.47. The van der Waals surface area contributed by atoms with E-state index >= 15 is 0 Å². The second-order valence-electron chi connectivity index (χ2n) is 6.59. The number of hydrogen-bond acceptors (Lipinski definition) is 6. The summed E-state index contributed by atoms with van der Waals surface area (Å²) in [5.74, 6) is -0.781.